The van der Waals surface area contributed by atoms with E-state index in [1.54, 1.807) is 46.8 Å². The van der Waals surface area contributed by atoms with Crippen LogP contribution in [0.5, 0.6) is 5.75 Å². The molecule has 1 unspecified atom stereocenters. The summed E-state index contributed by atoms with van der Waals surface area (Å²) in [6, 6.07) is 3.00. The van der Waals surface area contributed by atoms with Gasteiger partial charge in [0.15, 0.2) is 5.78 Å². The third kappa shape index (κ3) is 10.1. The second-order valence-corrected chi connectivity index (χ2v) is 10.1. The van der Waals surface area contributed by atoms with E-state index in [-0.39, 0.29) is 12.3 Å². The average Bonchev–Trinajstić information content (AvgIpc) is 2.69. The molecule has 0 bridgehead atoms. The zero-order valence-electron chi connectivity index (χ0n) is 19.8. The van der Waals surface area contributed by atoms with Crippen molar-refractivity contribution in [2.45, 2.75) is 65.1 Å². The Morgan fingerprint density at radius 3 is 2.27 bits per heavy atom. The molecule has 1 rings (SSSR count). The molecule has 0 aliphatic rings. The van der Waals surface area contributed by atoms with Crippen LogP contribution in [0, 0.1) is 9.49 Å². The summed E-state index contributed by atoms with van der Waals surface area (Å²) in [5.41, 5.74) is -0.143. The molecule has 0 aliphatic heterocycles. The molecule has 8 nitrogen and oxygen atoms in total. The number of benzene rings is 1. The second-order valence-electron chi connectivity index (χ2n) is 8.87. The Balaban J connectivity index is 2.93. The fraction of sp³-hybridized carbons (Fsp3) is 0.565. The average molecular weight is 578 g/mol. The number of nitrogens with one attached hydrogen (secondary N) is 2. The number of hydrogen-bond donors (Lipinski definition) is 2. The van der Waals surface area contributed by atoms with Crippen LogP contribution in [-0.4, -0.2) is 55.0 Å². The van der Waals surface area contributed by atoms with Gasteiger partial charge in [0.25, 0.3) is 0 Å². The minimum atomic E-state index is -1.40. The van der Waals surface area contributed by atoms with Gasteiger partial charge < -0.3 is 20.1 Å². The molecule has 10 heteroatoms. The number of carbonyl (C=O) groups excluding carboxylic acids is 4. The number of halogens is 2. The van der Waals surface area contributed by atoms with Gasteiger partial charge in [-0.25, -0.2) is 4.39 Å². The normalized spacial score (nSPS) is 13.1. The van der Waals surface area contributed by atoms with Gasteiger partial charge in [-0.05, 0) is 67.5 Å². The van der Waals surface area contributed by atoms with Gasteiger partial charge in [-0.3, -0.25) is 19.2 Å². The van der Waals surface area contributed by atoms with E-state index in [0.29, 0.717) is 11.3 Å². The van der Waals surface area contributed by atoms with Crippen LogP contribution in [0.3, 0.4) is 0 Å². The molecule has 0 saturated heterocycles. The van der Waals surface area contributed by atoms with Crippen molar-refractivity contribution in [1.29, 1.82) is 0 Å². The first-order valence-electron chi connectivity index (χ1n) is 10.5. The quantitative estimate of drug-likeness (QED) is 0.309. The molecule has 0 radical (unpaired) electrons. The predicted octanol–water partition coefficient (Wildman–Crippen LogP) is 2.74. The number of rotatable bonds is 11. The van der Waals surface area contributed by atoms with E-state index in [4.69, 9.17) is 9.47 Å². The Morgan fingerprint density at radius 2 is 1.76 bits per heavy atom. The molecule has 0 spiro atoms. The number of ether oxygens (including phenoxy) is 2. The number of methoxy groups -OCH3 is 1. The van der Waals surface area contributed by atoms with Gasteiger partial charge in [0, 0.05) is 9.13 Å². The second kappa shape index (κ2) is 12.9. The monoisotopic (exact) mass is 578 g/mol. The Morgan fingerprint density at radius 1 is 1.12 bits per heavy atom. The van der Waals surface area contributed by atoms with Crippen molar-refractivity contribution < 1.29 is 33.0 Å². The number of esters is 1. The van der Waals surface area contributed by atoms with Crippen LogP contribution in [0.25, 0.3) is 0 Å². The van der Waals surface area contributed by atoms with Crippen molar-refractivity contribution in [3.63, 3.8) is 0 Å². The summed E-state index contributed by atoms with van der Waals surface area (Å²) in [6.07, 6.45) is -0.536. The molecule has 33 heavy (non-hydrogen) atoms. The summed E-state index contributed by atoms with van der Waals surface area (Å²) in [5.74, 6) is -2.61. The minimum absolute atomic E-state index is 0.0265. The maximum atomic E-state index is 13.1. The fourth-order valence-corrected chi connectivity index (χ4v) is 3.52. The van der Waals surface area contributed by atoms with Crippen LogP contribution in [0.1, 0.15) is 46.6 Å². The number of hydrogen-bond acceptors (Lipinski definition) is 6. The van der Waals surface area contributed by atoms with Crippen LogP contribution in [-0.2, 0) is 30.3 Å². The maximum absolute atomic E-state index is 13.1. The SMILES string of the molecule is COc1ccc(I)cc1CC(=O)N[C@H](C(=O)NC(CC(=O)OC(C)(C)C)C(=O)CF)C(C)C. The smallest absolute Gasteiger partial charge is 0.308 e. The Bertz CT molecular complexity index is 869. The van der Waals surface area contributed by atoms with Gasteiger partial charge in [0.2, 0.25) is 11.8 Å². The maximum Gasteiger partial charge on any atom is 0.308 e. The van der Waals surface area contributed by atoms with Crippen LogP contribution < -0.4 is 15.4 Å². The van der Waals surface area contributed by atoms with Gasteiger partial charge >= 0.3 is 5.97 Å². The molecule has 0 fully saturated rings. The summed E-state index contributed by atoms with van der Waals surface area (Å²) < 4.78 is 24.4. The first kappa shape index (κ1) is 28.8. The summed E-state index contributed by atoms with van der Waals surface area (Å²) in [7, 11) is 1.50. The summed E-state index contributed by atoms with van der Waals surface area (Å²) >= 11 is 2.12. The highest BCUT2D eigenvalue weighted by atomic mass is 127. The van der Waals surface area contributed by atoms with Crippen molar-refractivity contribution in [3.8, 4) is 5.75 Å². The molecule has 0 heterocycles. The van der Waals surface area contributed by atoms with Gasteiger partial charge in [0.1, 0.15) is 30.1 Å². The van der Waals surface area contributed by atoms with Crippen LogP contribution in [0.4, 0.5) is 4.39 Å². The lowest BCUT2D eigenvalue weighted by Crippen LogP contribution is -2.54. The zero-order chi connectivity index (χ0) is 25.3. The summed E-state index contributed by atoms with van der Waals surface area (Å²) in [6.45, 7) is 7.05. The number of amides is 2. The standard InChI is InChI=1S/C23H32FIN2O6/c1-13(2)21(27-19(29)10-14-9-15(25)7-8-18(14)32-6)22(31)26-16(17(28)12-24)11-20(30)33-23(3,4)5/h7-9,13,16,21H,10-12H2,1-6H3,(H,26,31)(H,27,29)/t16?,21-/m0/s1. The number of carbonyl (C=O) groups is 4. The molecule has 0 aliphatic carbocycles. The molecular weight excluding hydrogens is 546 g/mol. The number of ketones is 1. The van der Waals surface area contributed by atoms with Gasteiger partial charge in [0.05, 0.1) is 20.0 Å². The topological polar surface area (TPSA) is 111 Å². The zero-order valence-corrected chi connectivity index (χ0v) is 21.9. The Hall–Kier alpha value is -2.24. The fourth-order valence-electron chi connectivity index (χ4n) is 2.97. The Labute approximate surface area is 207 Å². The molecular formula is C23H32FIN2O6. The lowest BCUT2D eigenvalue weighted by Gasteiger charge is -2.25. The highest BCUT2D eigenvalue weighted by Crippen LogP contribution is 2.21. The molecule has 1 aromatic carbocycles. The van der Waals surface area contributed by atoms with Crippen molar-refractivity contribution in [1.82, 2.24) is 10.6 Å². The number of alkyl halides is 1. The molecule has 2 amide bonds. The molecule has 0 aromatic heterocycles. The minimum Gasteiger partial charge on any atom is -0.496 e. The third-order valence-electron chi connectivity index (χ3n) is 4.49. The molecule has 2 atom stereocenters. The summed E-state index contributed by atoms with van der Waals surface area (Å²) in [4.78, 5) is 49.7. The van der Waals surface area contributed by atoms with Gasteiger partial charge in [-0.1, -0.05) is 13.8 Å². The van der Waals surface area contributed by atoms with Crippen molar-refractivity contribution >= 4 is 46.2 Å². The first-order chi connectivity index (χ1) is 15.3. The van der Waals surface area contributed by atoms with E-state index >= 15 is 0 Å². The van der Waals surface area contributed by atoms with E-state index in [9.17, 15) is 23.6 Å². The molecule has 184 valence electrons. The molecule has 0 saturated carbocycles. The highest BCUT2D eigenvalue weighted by Gasteiger charge is 2.31. The predicted molar refractivity (Wildman–Crippen MR) is 130 cm³/mol. The van der Waals surface area contributed by atoms with Gasteiger partial charge in [-0.2, -0.15) is 0 Å². The summed E-state index contributed by atoms with van der Waals surface area (Å²) in [5, 5.41) is 5.06. The first-order valence-corrected chi connectivity index (χ1v) is 11.6. The van der Waals surface area contributed by atoms with E-state index in [2.05, 4.69) is 33.2 Å². The van der Waals surface area contributed by atoms with Crippen molar-refractivity contribution in [2.24, 2.45) is 5.92 Å². The van der Waals surface area contributed by atoms with Crippen molar-refractivity contribution in [3.05, 3.63) is 27.3 Å². The molecule has 2 N–H and O–H groups in total. The van der Waals surface area contributed by atoms with E-state index in [1.807, 2.05) is 6.07 Å². The number of Topliss-reactive ketones (excluding diaryl/α,β-unsaturated/α-hetero) is 1. The van der Waals surface area contributed by atoms with E-state index in [1.165, 1.54) is 7.11 Å². The van der Waals surface area contributed by atoms with Crippen LogP contribution in [0.2, 0.25) is 0 Å². The van der Waals surface area contributed by atoms with Crippen molar-refractivity contribution in [2.75, 3.05) is 13.8 Å². The Kier molecular flexibility index (Phi) is 11.2. The highest BCUT2D eigenvalue weighted by molar-refractivity contribution is 14.1. The van der Waals surface area contributed by atoms with Gasteiger partial charge in [-0.15, -0.1) is 0 Å². The van der Waals surface area contributed by atoms with Crippen LogP contribution in [0.15, 0.2) is 18.2 Å². The largest absolute Gasteiger partial charge is 0.496 e. The molecule has 1 aromatic rings. The third-order valence-corrected chi connectivity index (χ3v) is 5.16. The van der Waals surface area contributed by atoms with E-state index in [0.717, 1.165) is 3.57 Å². The lowest BCUT2D eigenvalue weighted by atomic mass is 10.0. The lowest BCUT2D eigenvalue weighted by molar-refractivity contribution is -0.156. The van der Waals surface area contributed by atoms with E-state index < -0.39 is 54.3 Å². The van der Waals surface area contributed by atoms with Crippen LogP contribution >= 0.6 is 22.6 Å².